The van der Waals surface area contributed by atoms with Gasteiger partial charge >= 0.3 is 11.9 Å². The van der Waals surface area contributed by atoms with Gasteiger partial charge in [0.2, 0.25) is 0 Å². The summed E-state index contributed by atoms with van der Waals surface area (Å²) < 4.78 is 11.0. The predicted molar refractivity (Wildman–Crippen MR) is 135 cm³/mol. The Labute approximate surface area is 213 Å². The van der Waals surface area contributed by atoms with E-state index in [4.69, 9.17) is 9.47 Å². The van der Waals surface area contributed by atoms with E-state index in [1.165, 1.54) is 12.5 Å². The number of hydrogen-bond acceptors (Lipinski definition) is 6. The summed E-state index contributed by atoms with van der Waals surface area (Å²) in [4.78, 5) is 36.6. The van der Waals surface area contributed by atoms with Crippen LogP contribution in [-0.2, 0) is 26.1 Å². The average molecular weight is 495 g/mol. The van der Waals surface area contributed by atoms with E-state index in [0.717, 1.165) is 49.7 Å². The van der Waals surface area contributed by atoms with Gasteiger partial charge in [0.15, 0.2) is 6.29 Å². The molecule has 1 N–H and O–H groups in total. The van der Waals surface area contributed by atoms with Gasteiger partial charge in [-0.3, -0.25) is 9.59 Å². The lowest BCUT2D eigenvalue weighted by Crippen LogP contribution is -2.51. The summed E-state index contributed by atoms with van der Waals surface area (Å²) >= 11 is 0. The second-order valence-electron chi connectivity index (χ2n) is 11.8. The lowest BCUT2D eigenvalue weighted by molar-refractivity contribution is -0.148. The Morgan fingerprint density at radius 2 is 1.86 bits per heavy atom. The predicted octanol–water partition coefficient (Wildman–Crippen LogP) is 5.60. The minimum Gasteiger partial charge on any atom is -0.507 e. The first kappa shape index (κ1) is 25.0. The van der Waals surface area contributed by atoms with Crippen LogP contribution in [0.4, 0.5) is 0 Å². The number of allylic oxidation sites excluding steroid dienone is 1. The highest BCUT2D eigenvalue weighted by Gasteiger charge is 2.59. The molecule has 0 amide bonds. The van der Waals surface area contributed by atoms with Crippen LogP contribution in [0.15, 0.2) is 11.6 Å². The standard InChI is InChI=1S/C30H38O6/c1-6-35-28(34)25-16(2)22(15-31)27(33)26-21(25)14-24-20-8-7-18-13-19(36-17(3)32)9-11-29(18,4)23(20)10-12-30(24,26)5/h7,15,19-20,23-24,33H,6,8-14H2,1-5H3/t19-,20+,23-,24-,29-,30-/m0/s1. The van der Waals surface area contributed by atoms with Gasteiger partial charge in [0.05, 0.1) is 17.7 Å². The molecule has 2 fully saturated rings. The molecule has 0 saturated heterocycles. The van der Waals surface area contributed by atoms with Crippen molar-refractivity contribution in [1.82, 2.24) is 0 Å². The molecule has 194 valence electrons. The van der Waals surface area contributed by atoms with Crippen molar-refractivity contribution in [3.8, 4) is 5.75 Å². The molecule has 0 radical (unpaired) electrons. The normalized spacial score (nSPS) is 34.4. The summed E-state index contributed by atoms with van der Waals surface area (Å²) in [5, 5.41) is 11.3. The number of phenols is 1. The number of aromatic hydroxyl groups is 1. The topological polar surface area (TPSA) is 89.9 Å². The second kappa shape index (κ2) is 8.74. The van der Waals surface area contributed by atoms with Crippen molar-refractivity contribution >= 4 is 18.2 Å². The molecule has 6 atom stereocenters. The highest BCUT2D eigenvalue weighted by molar-refractivity contribution is 5.98. The zero-order valence-corrected chi connectivity index (χ0v) is 22.1. The Morgan fingerprint density at radius 3 is 2.53 bits per heavy atom. The fourth-order valence-electron chi connectivity index (χ4n) is 8.57. The minimum atomic E-state index is -0.408. The van der Waals surface area contributed by atoms with Crippen molar-refractivity contribution in [2.45, 2.75) is 91.1 Å². The van der Waals surface area contributed by atoms with Gasteiger partial charge in [-0.05, 0) is 92.1 Å². The van der Waals surface area contributed by atoms with E-state index in [2.05, 4.69) is 19.9 Å². The van der Waals surface area contributed by atoms with Crippen molar-refractivity contribution < 1.29 is 29.0 Å². The average Bonchev–Trinajstić information content (AvgIpc) is 3.12. The zero-order valence-electron chi connectivity index (χ0n) is 22.1. The van der Waals surface area contributed by atoms with Crippen molar-refractivity contribution in [1.29, 1.82) is 0 Å². The van der Waals surface area contributed by atoms with E-state index in [1.807, 2.05) is 0 Å². The Kier molecular flexibility index (Phi) is 6.08. The van der Waals surface area contributed by atoms with E-state index >= 15 is 0 Å². The molecular formula is C30H38O6. The minimum absolute atomic E-state index is 0.0308. The van der Waals surface area contributed by atoms with E-state index in [1.54, 1.807) is 13.8 Å². The quantitative estimate of drug-likeness (QED) is 0.333. The molecule has 36 heavy (non-hydrogen) atoms. The molecule has 0 aromatic heterocycles. The lowest BCUT2D eigenvalue weighted by atomic mass is 9.47. The molecule has 5 rings (SSSR count). The van der Waals surface area contributed by atoms with Crippen molar-refractivity contribution in [3.05, 3.63) is 39.5 Å². The van der Waals surface area contributed by atoms with Crippen LogP contribution in [-0.4, -0.2) is 36.0 Å². The molecule has 1 aromatic rings. The summed E-state index contributed by atoms with van der Waals surface area (Å²) in [5.41, 5.74) is 4.06. The number of ether oxygens (including phenoxy) is 2. The molecule has 4 aliphatic carbocycles. The van der Waals surface area contributed by atoms with Crippen LogP contribution in [0.1, 0.15) is 104 Å². The van der Waals surface area contributed by atoms with Gasteiger partial charge in [-0.25, -0.2) is 4.79 Å². The lowest BCUT2D eigenvalue weighted by Gasteiger charge is -2.57. The van der Waals surface area contributed by atoms with Crippen LogP contribution in [0.3, 0.4) is 0 Å². The van der Waals surface area contributed by atoms with Crippen LogP contribution in [0.2, 0.25) is 0 Å². The largest absolute Gasteiger partial charge is 0.507 e. The summed E-state index contributed by atoms with van der Waals surface area (Å²) in [5.74, 6) is 0.626. The molecule has 4 aliphatic rings. The molecule has 0 spiro atoms. The molecule has 2 saturated carbocycles. The Hall–Kier alpha value is -2.63. The highest BCUT2D eigenvalue weighted by Crippen LogP contribution is 2.65. The van der Waals surface area contributed by atoms with Crippen LogP contribution in [0.25, 0.3) is 0 Å². The first-order valence-electron chi connectivity index (χ1n) is 13.4. The number of aldehydes is 1. The number of benzene rings is 1. The second-order valence-corrected chi connectivity index (χ2v) is 11.8. The van der Waals surface area contributed by atoms with Gasteiger partial charge in [-0.2, -0.15) is 0 Å². The highest BCUT2D eigenvalue weighted by atomic mass is 16.5. The summed E-state index contributed by atoms with van der Waals surface area (Å²) in [6.07, 6.45) is 9.33. The van der Waals surface area contributed by atoms with Crippen LogP contribution < -0.4 is 0 Å². The monoisotopic (exact) mass is 494 g/mol. The first-order valence-corrected chi connectivity index (χ1v) is 13.4. The third-order valence-corrected chi connectivity index (χ3v) is 10.2. The van der Waals surface area contributed by atoms with Gasteiger partial charge in [-0.15, -0.1) is 0 Å². The Morgan fingerprint density at radius 1 is 1.14 bits per heavy atom. The van der Waals surface area contributed by atoms with Gasteiger partial charge in [0.1, 0.15) is 11.9 Å². The molecular weight excluding hydrogens is 456 g/mol. The van der Waals surface area contributed by atoms with E-state index in [9.17, 15) is 19.5 Å². The number of fused-ring (bicyclic) bond motifs is 7. The maximum Gasteiger partial charge on any atom is 0.338 e. The van der Waals surface area contributed by atoms with E-state index in [0.29, 0.717) is 35.7 Å². The summed E-state index contributed by atoms with van der Waals surface area (Å²) in [6, 6.07) is 0. The number of rotatable bonds is 4. The molecule has 1 aromatic carbocycles. The SMILES string of the molecule is CCOC(=O)c1c(C)c(C=O)c(O)c2c1C[C@H]1[C@@H]3CC=C4C[C@@H](OC(C)=O)CC[C@]4(C)[C@H]3CC[C@]21C. The zero-order chi connectivity index (χ0) is 26.0. The molecule has 0 unspecified atom stereocenters. The van der Waals surface area contributed by atoms with Crippen LogP contribution in [0.5, 0.6) is 5.75 Å². The van der Waals surface area contributed by atoms with Gasteiger partial charge in [-0.1, -0.05) is 25.5 Å². The third-order valence-electron chi connectivity index (χ3n) is 10.2. The smallest absolute Gasteiger partial charge is 0.338 e. The van der Waals surface area contributed by atoms with E-state index in [-0.39, 0.29) is 46.7 Å². The Balaban J connectivity index is 1.55. The van der Waals surface area contributed by atoms with Crippen LogP contribution >= 0.6 is 0 Å². The molecule has 0 aliphatic heterocycles. The summed E-state index contributed by atoms with van der Waals surface area (Å²) in [7, 11) is 0. The third kappa shape index (κ3) is 3.47. The first-order chi connectivity index (χ1) is 17.1. The van der Waals surface area contributed by atoms with Crippen molar-refractivity contribution in [2.75, 3.05) is 6.61 Å². The van der Waals surface area contributed by atoms with Crippen molar-refractivity contribution in [3.63, 3.8) is 0 Å². The van der Waals surface area contributed by atoms with Crippen LogP contribution in [0, 0.1) is 30.1 Å². The maximum atomic E-state index is 13.1. The van der Waals surface area contributed by atoms with Crippen molar-refractivity contribution in [2.24, 2.45) is 23.2 Å². The molecule has 6 nitrogen and oxygen atoms in total. The van der Waals surface area contributed by atoms with Gasteiger partial charge < -0.3 is 14.6 Å². The number of esters is 2. The molecule has 0 bridgehead atoms. The fourth-order valence-corrected chi connectivity index (χ4v) is 8.57. The van der Waals surface area contributed by atoms with Gasteiger partial charge in [0.25, 0.3) is 0 Å². The maximum absolute atomic E-state index is 13.1. The molecule has 0 heterocycles. The number of hydrogen-bond donors (Lipinski definition) is 1. The van der Waals surface area contributed by atoms with E-state index < -0.39 is 5.97 Å². The fraction of sp³-hybridized carbons (Fsp3) is 0.633. The molecule has 6 heteroatoms. The number of carbonyl (C=O) groups is 3. The number of carbonyl (C=O) groups excluding carboxylic acids is 3. The number of phenolic OH excluding ortho intramolecular Hbond substituents is 1. The summed E-state index contributed by atoms with van der Waals surface area (Å²) in [6.45, 7) is 9.87. The van der Waals surface area contributed by atoms with Gasteiger partial charge in [0, 0.05) is 18.9 Å². The Bertz CT molecular complexity index is 1160.